The maximum Gasteiger partial charge on any atom is 0.227 e. The molecule has 0 aliphatic heterocycles. The van der Waals surface area contributed by atoms with Crippen LogP contribution in [0.1, 0.15) is 57.4 Å². The van der Waals surface area contributed by atoms with Crippen molar-refractivity contribution in [2.45, 2.75) is 52.9 Å². The van der Waals surface area contributed by atoms with Gasteiger partial charge < -0.3 is 4.42 Å². The Bertz CT molecular complexity index is 2110. The first-order chi connectivity index (χ1) is 20.2. The van der Waals surface area contributed by atoms with Gasteiger partial charge in [-0.05, 0) is 71.3 Å². The number of imidazole rings is 1. The fraction of sp³-hybridized carbons (Fsp3) is 0.211. The lowest BCUT2D eigenvalue weighted by atomic mass is 9.81. The molecule has 0 atom stereocenters. The predicted molar refractivity (Wildman–Crippen MR) is 175 cm³/mol. The molecule has 4 nitrogen and oxygen atoms in total. The van der Waals surface area contributed by atoms with E-state index >= 15 is 0 Å². The SMILES string of the molecule is Cc1ccc2c(n1)oc1c(-c3nc4ccccc4n3-c3c(-c4ccccc4)cc(C(C)(C)C)cc3C(C)C)cccc12. The van der Waals surface area contributed by atoms with Crippen molar-refractivity contribution in [1.29, 1.82) is 0 Å². The molecule has 0 fully saturated rings. The molecule has 0 amide bonds. The van der Waals surface area contributed by atoms with Gasteiger partial charge >= 0.3 is 0 Å². The van der Waals surface area contributed by atoms with Crippen molar-refractivity contribution in [3.63, 3.8) is 0 Å². The monoisotopic (exact) mass is 549 g/mol. The summed E-state index contributed by atoms with van der Waals surface area (Å²) < 4.78 is 8.86. The van der Waals surface area contributed by atoms with Crippen molar-refractivity contribution >= 4 is 33.1 Å². The summed E-state index contributed by atoms with van der Waals surface area (Å²) in [7, 11) is 0. The fourth-order valence-corrected chi connectivity index (χ4v) is 6.00. The van der Waals surface area contributed by atoms with E-state index in [-0.39, 0.29) is 11.3 Å². The van der Waals surface area contributed by atoms with Crippen LogP contribution >= 0.6 is 0 Å². The maximum atomic E-state index is 6.50. The first-order valence-electron chi connectivity index (χ1n) is 14.7. The Kier molecular flexibility index (Phi) is 6.05. The molecule has 0 spiro atoms. The summed E-state index contributed by atoms with van der Waals surface area (Å²) in [6.45, 7) is 13.4. The third kappa shape index (κ3) is 4.21. The summed E-state index contributed by atoms with van der Waals surface area (Å²) in [4.78, 5) is 9.99. The zero-order valence-electron chi connectivity index (χ0n) is 25.1. The number of benzene rings is 4. The van der Waals surface area contributed by atoms with E-state index in [0.29, 0.717) is 5.71 Å². The number of hydrogen-bond donors (Lipinski definition) is 0. The quantitative estimate of drug-likeness (QED) is 0.219. The second kappa shape index (κ2) is 9.70. The third-order valence-electron chi connectivity index (χ3n) is 8.24. The van der Waals surface area contributed by atoms with E-state index in [9.17, 15) is 0 Å². The predicted octanol–water partition coefficient (Wildman–Crippen LogP) is 10.4. The molecule has 4 heteroatoms. The Morgan fingerprint density at radius 3 is 2.26 bits per heavy atom. The summed E-state index contributed by atoms with van der Waals surface area (Å²) in [5.41, 5.74) is 11.5. The molecule has 7 rings (SSSR count). The summed E-state index contributed by atoms with van der Waals surface area (Å²) in [5, 5.41) is 2.06. The average Bonchev–Trinajstić information content (AvgIpc) is 3.54. The van der Waals surface area contributed by atoms with Crippen LogP contribution in [0.25, 0.3) is 61.3 Å². The molecule has 0 aliphatic rings. The highest BCUT2D eigenvalue weighted by atomic mass is 16.3. The molecule has 0 aliphatic carbocycles. The van der Waals surface area contributed by atoms with E-state index in [0.717, 1.165) is 50.2 Å². The molecule has 3 heterocycles. The molecule has 0 unspecified atom stereocenters. The molecule has 7 aromatic rings. The number of aromatic nitrogens is 3. The smallest absolute Gasteiger partial charge is 0.227 e. The van der Waals surface area contributed by atoms with Crippen LogP contribution in [0.5, 0.6) is 0 Å². The zero-order valence-corrected chi connectivity index (χ0v) is 25.1. The minimum absolute atomic E-state index is 0.00344. The van der Waals surface area contributed by atoms with E-state index in [1.807, 2.05) is 13.0 Å². The van der Waals surface area contributed by atoms with Gasteiger partial charge in [0, 0.05) is 22.0 Å². The van der Waals surface area contributed by atoms with Crippen LogP contribution in [0.2, 0.25) is 0 Å². The minimum atomic E-state index is -0.00344. The van der Waals surface area contributed by atoms with Gasteiger partial charge in [-0.3, -0.25) is 4.57 Å². The number of hydrogen-bond acceptors (Lipinski definition) is 3. The van der Waals surface area contributed by atoms with Crippen LogP contribution in [0.4, 0.5) is 0 Å². The molecule has 3 aromatic heterocycles. The molecule has 0 bridgehead atoms. The van der Waals surface area contributed by atoms with E-state index in [4.69, 9.17) is 14.4 Å². The number of rotatable bonds is 4. The van der Waals surface area contributed by atoms with Crippen molar-refractivity contribution in [2.24, 2.45) is 0 Å². The molecular formula is C38H35N3O. The van der Waals surface area contributed by atoms with E-state index in [1.165, 1.54) is 22.3 Å². The van der Waals surface area contributed by atoms with Gasteiger partial charge in [-0.25, -0.2) is 9.97 Å². The number of para-hydroxylation sites is 3. The van der Waals surface area contributed by atoms with E-state index < -0.39 is 0 Å². The number of nitrogens with zero attached hydrogens (tertiary/aromatic N) is 3. The van der Waals surface area contributed by atoms with Crippen molar-refractivity contribution < 1.29 is 4.42 Å². The number of pyridine rings is 1. The highest BCUT2D eigenvalue weighted by Gasteiger charge is 2.26. The maximum absolute atomic E-state index is 6.50. The van der Waals surface area contributed by atoms with Crippen LogP contribution in [0.15, 0.2) is 101 Å². The number of aryl methyl sites for hydroxylation is 1. The van der Waals surface area contributed by atoms with Crippen molar-refractivity contribution in [3.05, 3.63) is 114 Å². The summed E-state index contributed by atoms with van der Waals surface area (Å²) in [6, 6.07) is 34.4. The van der Waals surface area contributed by atoms with Gasteiger partial charge in [-0.2, -0.15) is 0 Å². The van der Waals surface area contributed by atoms with Gasteiger partial charge in [0.2, 0.25) is 5.71 Å². The number of furan rings is 1. The topological polar surface area (TPSA) is 43.9 Å². The highest BCUT2D eigenvalue weighted by Crippen LogP contribution is 2.43. The lowest BCUT2D eigenvalue weighted by Gasteiger charge is -2.27. The molecule has 0 saturated carbocycles. The van der Waals surface area contributed by atoms with Gasteiger partial charge in [-0.1, -0.05) is 95.3 Å². The normalized spacial score (nSPS) is 12.3. The lowest BCUT2D eigenvalue weighted by molar-refractivity contribution is 0.588. The van der Waals surface area contributed by atoms with Crippen molar-refractivity contribution in [2.75, 3.05) is 0 Å². The van der Waals surface area contributed by atoms with Crippen LogP contribution < -0.4 is 0 Å². The van der Waals surface area contributed by atoms with Gasteiger partial charge in [0.25, 0.3) is 0 Å². The molecular weight excluding hydrogens is 514 g/mol. The zero-order chi connectivity index (χ0) is 29.2. The van der Waals surface area contributed by atoms with Crippen molar-refractivity contribution in [1.82, 2.24) is 14.5 Å². The first kappa shape index (κ1) is 26.2. The Hall–Kier alpha value is -4.70. The third-order valence-corrected chi connectivity index (χ3v) is 8.24. The van der Waals surface area contributed by atoms with Crippen molar-refractivity contribution in [3.8, 4) is 28.2 Å². The summed E-state index contributed by atoms with van der Waals surface area (Å²) in [6.07, 6.45) is 0. The fourth-order valence-electron chi connectivity index (χ4n) is 6.00. The molecule has 42 heavy (non-hydrogen) atoms. The number of fused-ring (bicyclic) bond motifs is 4. The van der Waals surface area contributed by atoms with Crippen LogP contribution in [0, 0.1) is 6.92 Å². The summed E-state index contributed by atoms with van der Waals surface area (Å²) in [5.74, 6) is 1.15. The molecule has 0 saturated heterocycles. The van der Waals surface area contributed by atoms with Crippen LogP contribution in [-0.2, 0) is 5.41 Å². The standard InChI is InChI=1S/C38H35N3O/c1-23(2)30-21-26(38(4,5)6)22-31(25-13-8-7-9-14-25)34(30)41-33-18-11-10-17-32(33)40-36(41)29-16-12-15-27-28-20-19-24(3)39-37(28)42-35(27)29/h7-23H,1-6H3. The van der Waals surface area contributed by atoms with Gasteiger partial charge in [0.1, 0.15) is 11.4 Å². The highest BCUT2D eigenvalue weighted by molar-refractivity contribution is 6.08. The Labute approximate surface area is 246 Å². The van der Waals surface area contributed by atoms with Gasteiger partial charge in [-0.15, -0.1) is 0 Å². The Balaban J connectivity index is 1.63. The molecule has 0 N–H and O–H groups in total. The minimum Gasteiger partial charge on any atom is -0.437 e. The molecule has 0 radical (unpaired) electrons. The van der Waals surface area contributed by atoms with Crippen LogP contribution in [0.3, 0.4) is 0 Å². The first-order valence-corrected chi connectivity index (χ1v) is 14.7. The van der Waals surface area contributed by atoms with E-state index in [2.05, 4.69) is 130 Å². The van der Waals surface area contributed by atoms with Crippen LogP contribution in [-0.4, -0.2) is 14.5 Å². The second-order valence-corrected chi connectivity index (χ2v) is 12.6. The van der Waals surface area contributed by atoms with Gasteiger partial charge in [0.15, 0.2) is 0 Å². The second-order valence-electron chi connectivity index (χ2n) is 12.6. The van der Waals surface area contributed by atoms with E-state index in [1.54, 1.807) is 0 Å². The van der Waals surface area contributed by atoms with Gasteiger partial charge in [0.05, 0.1) is 22.3 Å². The summed E-state index contributed by atoms with van der Waals surface area (Å²) >= 11 is 0. The molecule has 4 aromatic carbocycles. The Morgan fingerprint density at radius 2 is 1.50 bits per heavy atom. The molecule has 208 valence electrons. The average molecular weight is 550 g/mol. The Morgan fingerprint density at radius 1 is 0.738 bits per heavy atom. The largest absolute Gasteiger partial charge is 0.437 e. The lowest BCUT2D eigenvalue weighted by Crippen LogP contribution is -2.14.